The second kappa shape index (κ2) is 11.9. The number of carbonyl (C=O) groups excluding carboxylic acids is 2. The molecule has 0 saturated carbocycles. The van der Waals surface area contributed by atoms with Gasteiger partial charge in [0, 0.05) is 29.0 Å². The first-order chi connectivity index (χ1) is 17.9. The summed E-state index contributed by atoms with van der Waals surface area (Å²) >= 11 is 1.33. The molecule has 0 radical (unpaired) electrons. The fraction of sp³-hybridized carbons (Fsp3) is 0.148. The second-order valence-corrected chi connectivity index (χ2v) is 9.37. The standard InChI is InChI=1S/C27H24N4O5S/c1-18-24(21-10-6-3-7-11-21)29-26(37-18)30-25(32)23(16-19-12-14-22(15-13-19)31(34)35)28-27(33)36-17-20-8-4-2-5-9-20/h2-15,23H,16-17H2,1H3,(H,28,33)(H,29,30,32)/t23-/m0/s1. The number of carbonyl (C=O) groups is 2. The van der Waals surface area contributed by atoms with Crippen LogP contribution in [0.2, 0.25) is 0 Å². The smallest absolute Gasteiger partial charge is 0.408 e. The molecule has 1 heterocycles. The first kappa shape index (κ1) is 25.5. The van der Waals surface area contributed by atoms with Crippen LogP contribution in [-0.4, -0.2) is 27.9 Å². The zero-order valence-corrected chi connectivity index (χ0v) is 20.7. The highest BCUT2D eigenvalue weighted by molar-refractivity contribution is 7.16. The van der Waals surface area contributed by atoms with Gasteiger partial charge >= 0.3 is 6.09 Å². The minimum absolute atomic E-state index is 0.0463. The second-order valence-electron chi connectivity index (χ2n) is 8.17. The number of hydrogen-bond donors (Lipinski definition) is 2. The Morgan fingerprint density at radius 3 is 2.27 bits per heavy atom. The number of rotatable bonds is 9. The number of alkyl carbamates (subject to hydrolysis) is 1. The molecule has 0 spiro atoms. The Labute approximate surface area is 217 Å². The van der Waals surface area contributed by atoms with Crippen LogP contribution in [0.5, 0.6) is 0 Å². The van der Waals surface area contributed by atoms with Crippen molar-refractivity contribution < 1.29 is 19.2 Å². The van der Waals surface area contributed by atoms with Crippen molar-refractivity contribution in [3.8, 4) is 11.3 Å². The monoisotopic (exact) mass is 516 g/mol. The van der Waals surface area contributed by atoms with Crippen molar-refractivity contribution in [2.24, 2.45) is 0 Å². The largest absolute Gasteiger partial charge is 0.445 e. The molecule has 2 N–H and O–H groups in total. The number of aromatic nitrogens is 1. The maximum atomic E-state index is 13.2. The fourth-order valence-electron chi connectivity index (χ4n) is 3.61. The molecule has 0 saturated heterocycles. The number of amides is 2. The molecule has 0 aliphatic carbocycles. The number of non-ortho nitro benzene ring substituents is 1. The van der Waals surface area contributed by atoms with Gasteiger partial charge in [-0.2, -0.15) is 0 Å². The molecular formula is C27H24N4O5S. The molecule has 4 rings (SSSR count). The van der Waals surface area contributed by atoms with Crippen LogP contribution < -0.4 is 10.6 Å². The van der Waals surface area contributed by atoms with Crippen molar-refractivity contribution in [2.45, 2.75) is 26.0 Å². The first-order valence-electron chi connectivity index (χ1n) is 11.4. The van der Waals surface area contributed by atoms with Crippen molar-refractivity contribution in [2.75, 3.05) is 5.32 Å². The Morgan fingerprint density at radius 1 is 0.973 bits per heavy atom. The third kappa shape index (κ3) is 6.98. The minimum Gasteiger partial charge on any atom is -0.445 e. The molecule has 0 unspecified atom stereocenters. The molecule has 188 valence electrons. The summed E-state index contributed by atoms with van der Waals surface area (Å²) in [5.74, 6) is -0.483. The summed E-state index contributed by atoms with van der Waals surface area (Å²) in [6.45, 7) is 1.97. The highest BCUT2D eigenvalue weighted by atomic mass is 32.1. The van der Waals surface area contributed by atoms with E-state index in [1.165, 1.54) is 23.5 Å². The van der Waals surface area contributed by atoms with Crippen molar-refractivity contribution in [1.29, 1.82) is 0 Å². The summed E-state index contributed by atoms with van der Waals surface area (Å²) in [7, 11) is 0. The molecule has 0 aliphatic heterocycles. The highest BCUT2D eigenvalue weighted by Gasteiger charge is 2.24. The van der Waals surface area contributed by atoms with E-state index in [0.717, 1.165) is 21.7 Å². The van der Waals surface area contributed by atoms with Crippen LogP contribution in [0.15, 0.2) is 84.9 Å². The number of nitro benzene ring substituents is 1. The van der Waals surface area contributed by atoms with Crippen LogP contribution in [0.25, 0.3) is 11.3 Å². The van der Waals surface area contributed by atoms with Gasteiger partial charge in [-0.1, -0.05) is 72.8 Å². The molecule has 2 amide bonds. The average Bonchev–Trinajstić information content (AvgIpc) is 3.28. The molecule has 0 bridgehead atoms. The molecule has 4 aromatic rings. The van der Waals surface area contributed by atoms with Gasteiger partial charge in [-0.25, -0.2) is 9.78 Å². The van der Waals surface area contributed by atoms with Gasteiger partial charge in [0.15, 0.2) is 5.13 Å². The minimum atomic E-state index is -1.01. The normalized spacial score (nSPS) is 11.4. The molecule has 1 aromatic heterocycles. The number of aryl methyl sites for hydroxylation is 1. The maximum Gasteiger partial charge on any atom is 0.408 e. The molecule has 1 atom stereocenters. The Bertz CT molecular complexity index is 1380. The van der Waals surface area contributed by atoms with Gasteiger partial charge < -0.3 is 15.4 Å². The quantitative estimate of drug-likeness (QED) is 0.224. The Balaban J connectivity index is 1.49. The molecule has 10 heteroatoms. The van der Waals surface area contributed by atoms with E-state index in [2.05, 4.69) is 15.6 Å². The van der Waals surface area contributed by atoms with E-state index >= 15 is 0 Å². The third-order valence-corrected chi connectivity index (χ3v) is 6.37. The van der Waals surface area contributed by atoms with E-state index in [9.17, 15) is 19.7 Å². The molecular weight excluding hydrogens is 492 g/mol. The lowest BCUT2D eigenvalue weighted by atomic mass is 10.0. The number of thiazole rings is 1. The van der Waals surface area contributed by atoms with Gasteiger partial charge in [-0.3, -0.25) is 14.9 Å². The topological polar surface area (TPSA) is 123 Å². The summed E-state index contributed by atoms with van der Waals surface area (Å²) in [6, 6.07) is 23.6. The number of hydrogen-bond acceptors (Lipinski definition) is 7. The lowest BCUT2D eigenvalue weighted by Crippen LogP contribution is -2.45. The Hall–Kier alpha value is -4.57. The zero-order valence-electron chi connectivity index (χ0n) is 19.9. The number of ether oxygens (including phenoxy) is 1. The van der Waals surface area contributed by atoms with E-state index < -0.39 is 23.0 Å². The number of nitrogens with one attached hydrogen (secondary N) is 2. The van der Waals surface area contributed by atoms with Crippen LogP contribution in [0.4, 0.5) is 15.6 Å². The lowest BCUT2D eigenvalue weighted by Gasteiger charge is -2.18. The fourth-order valence-corrected chi connectivity index (χ4v) is 4.45. The first-order valence-corrected chi connectivity index (χ1v) is 12.2. The summed E-state index contributed by atoms with van der Waals surface area (Å²) in [6.07, 6.45) is -0.661. The maximum absolute atomic E-state index is 13.2. The summed E-state index contributed by atoms with van der Waals surface area (Å²) in [4.78, 5) is 41.8. The molecule has 0 fully saturated rings. The predicted octanol–water partition coefficient (Wildman–Crippen LogP) is 5.50. The van der Waals surface area contributed by atoms with Crippen molar-refractivity contribution in [3.05, 3.63) is 111 Å². The van der Waals surface area contributed by atoms with E-state index in [0.29, 0.717) is 10.7 Å². The average molecular weight is 517 g/mol. The van der Waals surface area contributed by atoms with Gasteiger partial charge in [-0.15, -0.1) is 11.3 Å². The lowest BCUT2D eigenvalue weighted by molar-refractivity contribution is -0.384. The van der Waals surface area contributed by atoms with Crippen LogP contribution >= 0.6 is 11.3 Å². The molecule has 3 aromatic carbocycles. The Kier molecular flexibility index (Phi) is 8.22. The SMILES string of the molecule is Cc1sc(NC(=O)[C@H](Cc2ccc([N+](=O)[O-])cc2)NC(=O)OCc2ccccc2)nc1-c1ccccc1. The van der Waals surface area contributed by atoms with Crippen molar-refractivity contribution >= 4 is 34.2 Å². The Morgan fingerprint density at radius 2 is 1.62 bits per heavy atom. The molecule has 9 nitrogen and oxygen atoms in total. The van der Waals surface area contributed by atoms with Crippen LogP contribution in [0.3, 0.4) is 0 Å². The van der Waals surface area contributed by atoms with Gasteiger partial charge in [0.1, 0.15) is 12.6 Å². The number of nitro groups is 1. The third-order valence-electron chi connectivity index (χ3n) is 5.48. The molecule has 37 heavy (non-hydrogen) atoms. The van der Waals surface area contributed by atoms with E-state index in [1.807, 2.05) is 67.6 Å². The van der Waals surface area contributed by atoms with Gasteiger partial charge in [0.05, 0.1) is 10.6 Å². The van der Waals surface area contributed by atoms with E-state index in [-0.39, 0.29) is 18.7 Å². The summed E-state index contributed by atoms with van der Waals surface area (Å²) in [5.41, 5.74) is 3.08. The van der Waals surface area contributed by atoms with Gasteiger partial charge in [-0.05, 0) is 18.1 Å². The van der Waals surface area contributed by atoms with E-state index in [4.69, 9.17) is 4.74 Å². The summed E-state index contributed by atoms with van der Waals surface area (Å²) < 4.78 is 5.30. The van der Waals surface area contributed by atoms with Crippen molar-refractivity contribution in [1.82, 2.24) is 10.3 Å². The van der Waals surface area contributed by atoms with Crippen molar-refractivity contribution in [3.63, 3.8) is 0 Å². The molecule has 0 aliphatic rings. The van der Waals surface area contributed by atoms with Crippen LogP contribution in [0, 0.1) is 17.0 Å². The highest BCUT2D eigenvalue weighted by Crippen LogP contribution is 2.30. The predicted molar refractivity (Wildman–Crippen MR) is 141 cm³/mol. The number of nitrogens with zero attached hydrogens (tertiary/aromatic N) is 2. The van der Waals surface area contributed by atoms with Gasteiger partial charge in [0.25, 0.3) is 5.69 Å². The van der Waals surface area contributed by atoms with Gasteiger partial charge in [0.2, 0.25) is 5.91 Å². The number of benzene rings is 3. The zero-order chi connectivity index (χ0) is 26.2. The van der Waals surface area contributed by atoms with Crippen LogP contribution in [-0.2, 0) is 22.6 Å². The summed E-state index contributed by atoms with van der Waals surface area (Å²) in [5, 5.41) is 16.8. The van der Waals surface area contributed by atoms with E-state index in [1.54, 1.807) is 12.1 Å². The van der Waals surface area contributed by atoms with Crippen LogP contribution in [0.1, 0.15) is 16.0 Å². The number of anilines is 1.